The molecule has 0 bridgehead atoms. The second-order valence-electron chi connectivity index (χ2n) is 5.12. The number of carbonyl (C=O) groups excluding carboxylic acids is 2. The van der Waals surface area contributed by atoms with Gasteiger partial charge in [0.25, 0.3) is 0 Å². The van der Waals surface area contributed by atoms with E-state index in [1.165, 1.54) is 7.11 Å². The molecule has 0 aromatic carbocycles. The van der Waals surface area contributed by atoms with Gasteiger partial charge >= 0.3 is 11.9 Å². The maximum Gasteiger partial charge on any atom is 0.305 e. The van der Waals surface area contributed by atoms with Crippen LogP contribution >= 0.6 is 0 Å². The summed E-state index contributed by atoms with van der Waals surface area (Å²) < 4.78 is 9.17. The Morgan fingerprint density at radius 2 is 0.909 bits per heavy atom. The number of allylic oxidation sites excluding steroid dienone is 4. The van der Waals surface area contributed by atoms with Crippen LogP contribution in [0.1, 0.15) is 60.3 Å². The van der Waals surface area contributed by atoms with Crippen LogP contribution in [0, 0.1) is 0 Å². The van der Waals surface area contributed by atoms with Crippen molar-refractivity contribution >= 4 is 11.9 Å². The van der Waals surface area contributed by atoms with Gasteiger partial charge in [-0.15, -0.1) is 26.3 Å². The Kier molecular flexibility index (Phi) is 102. The molecule has 0 aliphatic heterocycles. The van der Waals surface area contributed by atoms with Crippen LogP contribution in [-0.4, -0.2) is 72.5 Å². The molecule has 0 aromatic heterocycles. The standard InChI is InChI=1S/C9H16O4.4C3H6.2C2H6O2/c1-3-13-9(11)7-5-4-6-8(10)12-2;4*1-3-2;2*3-1-2-4/h3-7H2,1-2H3;4*3H,1H2,2H3;2*3-4H,1-2H2. The van der Waals surface area contributed by atoms with Gasteiger partial charge in [-0.2, -0.15) is 0 Å². The lowest BCUT2D eigenvalue weighted by molar-refractivity contribution is -0.144. The number of aliphatic hydroxyl groups excluding tert-OH is 4. The van der Waals surface area contributed by atoms with Crippen LogP contribution in [0.25, 0.3) is 0 Å². The Morgan fingerprint density at radius 1 is 0.667 bits per heavy atom. The second-order valence-corrected chi connectivity index (χ2v) is 5.12. The average molecular weight is 481 g/mol. The Morgan fingerprint density at radius 3 is 1.09 bits per heavy atom. The van der Waals surface area contributed by atoms with Gasteiger partial charge in [-0.3, -0.25) is 9.59 Å². The van der Waals surface area contributed by atoms with Crippen LogP contribution in [-0.2, 0) is 19.1 Å². The van der Waals surface area contributed by atoms with Crippen molar-refractivity contribution in [3.63, 3.8) is 0 Å². The first-order chi connectivity index (χ1) is 15.7. The number of methoxy groups -OCH3 is 1. The van der Waals surface area contributed by atoms with Gasteiger partial charge in [0.1, 0.15) is 0 Å². The largest absolute Gasteiger partial charge is 0.469 e. The summed E-state index contributed by atoms with van der Waals surface area (Å²) in [6.07, 6.45) is 9.10. The smallest absolute Gasteiger partial charge is 0.305 e. The van der Waals surface area contributed by atoms with Crippen molar-refractivity contribution in [2.24, 2.45) is 0 Å². The van der Waals surface area contributed by atoms with E-state index in [9.17, 15) is 9.59 Å². The fraction of sp³-hybridized carbons (Fsp3) is 0.600. The van der Waals surface area contributed by atoms with E-state index < -0.39 is 0 Å². The SMILES string of the molecule is C=CC.C=CC.C=CC.C=CC.CCOC(=O)CCCCC(=O)OC.OCCO.OCCO. The Bertz CT molecular complexity index is 337. The third-order valence-corrected chi connectivity index (χ3v) is 1.74. The van der Waals surface area contributed by atoms with Crippen LogP contribution in [0.5, 0.6) is 0 Å². The van der Waals surface area contributed by atoms with E-state index in [1.807, 2.05) is 27.7 Å². The van der Waals surface area contributed by atoms with E-state index in [2.05, 4.69) is 31.1 Å². The molecule has 0 saturated carbocycles. The molecule has 0 atom stereocenters. The van der Waals surface area contributed by atoms with Crippen LogP contribution in [0.2, 0.25) is 0 Å². The minimum atomic E-state index is -0.233. The third kappa shape index (κ3) is 166. The van der Waals surface area contributed by atoms with Gasteiger partial charge in [0.05, 0.1) is 40.1 Å². The predicted molar refractivity (Wildman–Crippen MR) is 139 cm³/mol. The number of esters is 2. The summed E-state index contributed by atoms with van der Waals surface area (Å²) in [4.78, 5) is 21.5. The minimum Gasteiger partial charge on any atom is -0.469 e. The number of aliphatic hydroxyl groups is 4. The summed E-state index contributed by atoms with van der Waals surface area (Å²) in [6, 6.07) is 0. The maximum atomic E-state index is 10.8. The van der Waals surface area contributed by atoms with Crippen molar-refractivity contribution in [3.8, 4) is 0 Å². The molecule has 0 unspecified atom stereocenters. The molecule has 0 spiro atoms. The molecular weight excluding hydrogens is 428 g/mol. The van der Waals surface area contributed by atoms with E-state index in [1.54, 1.807) is 31.2 Å². The zero-order chi connectivity index (χ0) is 27.8. The molecule has 0 aliphatic rings. The molecule has 8 heteroatoms. The number of ether oxygens (including phenoxy) is 2. The second kappa shape index (κ2) is 69.9. The molecule has 8 nitrogen and oxygen atoms in total. The van der Waals surface area contributed by atoms with Gasteiger partial charge in [0, 0.05) is 12.8 Å². The minimum absolute atomic E-state index is 0.125. The highest BCUT2D eigenvalue weighted by atomic mass is 16.5. The van der Waals surface area contributed by atoms with Crippen LogP contribution < -0.4 is 0 Å². The topological polar surface area (TPSA) is 134 Å². The molecule has 0 radical (unpaired) electrons. The number of rotatable bonds is 8. The Hall–Kier alpha value is -2.26. The normalized spacial score (nSPS) is 7.09. The van der Waals surface area contributed by atoms with Gasteiger partial charge in [-0.1, -0.05) is 24.3 Å². The van der Waals surface area contributed by atoms with Crippen LogP contribution in [0.15, 0.2) is 50.6 Å². The first kappa shape index (κ1) is 48.2. The fourth-order valence-corrected chi connectivity index (χ4v) is 0.874. The van der Waals surface area contributed by atoms with Crippen LogP contribution in [0.4, 0.5) is 0 Å². The molecule has 200 valence electrons. The summed E-state index contributed by atoms with van der Waals surface area (Å²) in [5, 5.41) is 30.5. The van der Waals surface area contributed by atoms with Crippen molar-refractivity contribution in [3.05, 3.63) is 50.6 Å². The quantitative estimate of drug-likeness (QED) is 0.233. The molecule has 0 rings (SSSR count). The molecule has 0 aromatic rings. The average Bonchev–Trinajstić information content (AvgIpc) is 2.79. The lowest BCUT2D eigenvalue weighted by Crippen LogP contribution is -2.04. The summed E-state index contributed by atoms with van der Waals surface area (Å²) >= 11 is 0. The Labute approximate surface area is 203 Å². The number of hydrogen-bond acceptors (Lipinski definition) is 8. The first-order valence-electron chi connectivity index (χ1n) is 10.6. The van der Waals surface area contributed by atoms with Crippen molar-refractivity contribution in [1.29, 1.82) is 0 Å². The third-order valence-electron chi connectivity index (χ3n) is 1.74. The van der Waals surface area contributed by atoms with Crippen LogP contribution in [0.3, 0.4) is 0 Å². The summed E-state index contributed by atoms with van der Waals surface area (Å²) in [5.74, 6) is -0.434. The highest BCUT2D eigenvalue weighted by molar-refractivity contribution is 5.70. The van der Waals surface area contributed by atoms with E-state index in [-0.39, 0.29) is 38.4 Å². The van der Waals surface area contributed by atoms with E-state index >= 15 is 0 Å². The highest BCUT2D eigenvalue weighted by Gasteiger charge is 2.03. The van der Waals surface area contributed by atoms with E-state index in [4.69, 9.17) is 25.2 Å². The summed E-state index contributed by atoms with van der Waals surface area (Å²) in [7, 11) is 1.35. The van der Waals surface area contributed by atoms with E-state index in [0.29, 0.717) is 32.3 Å². The molecule has 0 saturated heterocycles. The maximum absolute atomic E-state index is 10.8. The number of hydrogen-bond donors (Lipinski definition) is 4. The van der Waals surface area contributed by atoms with Crippen molar-refractivity contribution in [1.82, 2.24) is 0 Å². The number of unbranched alkanes of at least 4 members (excludes halogenated alkanes) is 1. The monoisotopic (exact) mass is 480 g/mol. The van der Waals surface area contributed by atoms with Crippen molar-refractivity contribution in [2.75, 3.05) is 40.1 Å². The van der Waals surface area contributed by atoms with Gasteiger partial charge in [0.15, 0.2) is 0 Å². The first-order valence-corrected chi connectivity index (χ1v) is 10.6. The van der Waals surface area contributed by atoms with Crippen molar-refractivity contribution < 1.29 is 39.5 Å². The lowest BCUT2D eigenvalue weighted by atomic mass is 10.2. The zero-order valence-electron chi connectivity index (χ0n) is 21.9. The fourth-order valence-electron chi connectivity index (χ4n) is 0.874. The molecule has 33 heavy (non-hydrogen) atoms. The summed E-state index contributed by atoms with van der Waals surface area (Å²) in [6.45, 7) is 22.7. The van der Waals surface area contributed by atoms with E-state index in [0.717, 1.165) is 0 Å². The van der Waals surface area contributed by atoms with Gasteiger partial charge < -0.3 is 29.9 Å². The predicted octanol–water partition coefficient (Wildman–Crippen LogP) is 3.99. The van der Waals surface area contributed by atoms with Gasteiger partial charge in [0.2, 0.25) is 0 Å². The molecule has 0 fully saturated rings. The molecule has 4 N–H and O–H groups in total. The zero-order valence-corrected chi connectivity index (χ0v) is 21.9. The summed E-state index contributed by atoms with van der Waals surface area (Å²) in [5.41, 5.74) is 0. The molecular formula is C25H52O8. The van der Waals surface area contributed by atoms with Crippen molar-refractivity contribution in [2.45, 2.75) is 60.3 Å². The highest BCUT2D eigenvalue weighted by Crippen LogP contribution is 2.02. The Balaban J connectivity index is -0.0000000558. The lowest BCUT2D eigenvalue weighted by Gasteiger charge is -2.00. The molecule has 0 amide bonds. The number of carbonyl (C=O) groups is 2. The molecule has 0 heterocycles. The molecule has 0 aliphatic carbocycles. The van der Waals surface area contributed by atoms with Gasteiger partial charge in [-0.05, 0) is 47.5 Å². The van der Waals surface area contributed by atoms with Gasteiger partial charge in [-0.25, -0.2) is 0 Å².